The Balaban J connectivity index is 1.68. The monoisotopic (exact) mass is 581 g/mol. The Morgan fingerprint density at radius 2 is 0.878 bits per heavy atom. The van der Waals surface area contributed by atoms with Crippen LogP contribution in [-0.2, 0) is 28.5 Å². The first-order valence-electron chi connectivity index (χ1n) is 16.1. The lowest BCUT2D eigenvalue weighted by molar-refractivity contribution is -0.114. The van der Waals surface area contributed by atoms with Gasteiger partial charge in [0.1, 0.15) is 12.4 Å². The molecule has 0 fully saturated rings. The van der Waals surface area contributed by atoms with E-state index in [2.05, 4.69) is 12.2 Å². The Morgan fingerprint density at radius 3 is 1.29 bits per heavy atom. The Kier molecular flexibility index (Phi) is 27.1. The highest BCUT2D eigenvalue weighted by molar-refractivity contribution is 5.88. The van der Waals surface area contributed by atoms with Gasteiger partial charge in [-0.3, -0.25) is 4.79 Å². The number of hydrogen-bond donors (Lipinski definition) is 1. The van der Waals surface area contributed by atoms with Crippen molar-refractivity contribution in [3.63, 3.8) is 0 Å². The van der Waals surface area contributed by atoms with Crippen molar-refractivity contribution in [2.75, 3.05) is 78.0 Å². The molecule has 238 valence electrons. The molecule has 1 rings (SSSR count). The first-order chi connectivity index (χ1) is 20.2. The third-order valence-corrected chi connectivity index (χ3v) is 6.55. The molecule has 1 amide bonds. The summed E-state index contributed by atoms with van der Waals surface area (Å²) in [5.74, 6) is 0.638. The predicted octanol–water partition coefficient (Wildman–Crippen LogP) is 7.20. The van der Waals surface area contributed by atoms with Crippen molar-refractivity contribution in [2.45, 2.75) is 97.3 Å². The zero-order chi connectivity index (χ0) is 29.5. The summed E-state index contributed by atoms with van der Waals surface area (Å²) >= 11 is 0. The molecule has 0 saturated carbocycles. The smallest absolute Gasteiger partial charge is 0.221 e. The summed E-state index contributed by atoms with van der Waals surface area (Å²) < 4.78 is 33.3. The van der Waals surface area contributed by atoms with Crippen molar-refractivity contribution in [2.24, 2.45) is 0 Å². The van der Waals surface area contributed by atoms with Gasteiger partial charge in [-0.1, -0.05) is 84.0 Å². The fraction of sp³-hybridized carbons (Fsp3) is 0.788. The van der Waals surface area contributed by atoms with E-state index in [0.717, 1.165) is 24.5 Å². The van der Waals surface area contributed by atoms with Gasteiger partial charge in [-0.2, -0.15) is 0 Å². The molecule has 0 aromatic heterocycles. The first-order valence-corrected chi connectivity index (χ1v) is 16.1. The highest BCUT2D eigenvalue weighted by Gasteiger charge is 1.99. The molecule has 0 heterocycles. The van der Waals surface area contributed by atoms with Crippen LogP contribution >= 0.6 is 0 Å². The van der Waals surface area contributed by atoms with Crippen molar-refractivity contribution in [3.05, 3.63) is 24.3 Å². The van der Waals surface area contributed by atoms with E-state index in [4.69, 9.17) is 28.4 Å². The summed E-state index contributed by atoms with van der Waals surface area (Å²) in [5, 5.41) is 2.72. The Labute approximate surface area is 250 Å². The standard InChI is InChI=1S/C33H59NO7/c1-3-4-5-6-7-8-9-10-11-12-13-14-15-20-36-21-22-37-23-24-38-25-26-39-27-28-40-29-30-41-33-18-16-32(17-19-33)34-31(2)35/h16-19H,3-15,20-30H2,1-2H3,(H,34,35). The van der Waals surface area contributed by atoms with E-state index in [1.54, 1.807) is 12.1 Å². The van der Waals surface area contributed by atoms with Crippen molar-refractivity contribution < 1.29 is 33.2 Å². The molecule has 0 atom stereocenters. The Bertz CT molecular complexity index is 687. The molecule has 41 heavy (non-hydrogen) atoms. The van der Waals surface area contributed by atoms with Crippen molar-refractivity contribution >= 4 is 11.6 Å². The van der Waals surface area contributed by atoms with Crippen LogP contribution < -0.4 is 10.1 Å². The van der Waals surface area contributed by atoms with Crippen LogP contribution in [0.3, 0.4) is 0 Å². The van der Waals surface area contributed by atoms with Gasteiger partial charge < -0.3 is 33.7 Å². The second kappa shape index (κ2) is 29.8. The molecule has 1 aromatic rings. The number of anilines is 1. The first kappa shape index (κ1) is 37.3. The lowest BCUT2D eigenvalue weighted by Crippen LogP contribution is -2.14. The van der Waals surface area contributed by atoms with Gasteiger partial charge in [-0.15, -0.1) is 0 Å². The van der Waals surface area contributed by atoms with Gasteiger partial charge in [0.25, 0.3) is 0 Å². The van der Waals surface area contributed by atoms with E-state index in [-0.39, 0.29) is 5.91 Å². The van der Waals surface area contributed by atoms with E-state index >= 15 is 0 Å². The van der Waals surface area contributed by atoms with Gasteiger partial charge >= 0.3 is 0 Å². The minimum absolute atomic E-state index is 0.0960. The van der Waals surface area contributed by atoms with E-state index in [9.17, 15) is 4.79 Å². The molecule has 0 aliphatic carbocycles. The maximum absolute atomic E-state index is 11.0. The van der Waals surface area contributed by atoms with Gasteiger partial charge in [-0.25, -0.2) is 0 Å². The number of carbonyl (C=O) groups excluding carboxylic acids is 1. The summed E-state index contributed by atoms with van der Waals surface area (Å²) in [6.07, 6.45) is 17.8. The number of hydrogen-bond acceptors (Lipinski definition) is 7. The summed E-state index contributed by atoms with van der Waals surface area (Å²) in [6.45, 7) is 10.0. The molecule has 8 nitrogen and oxygen atoms in total. The average molecular weight is 582 g/mol. The molecular formula is C33H59NO7. The van der Waals surface area contributed by atoms with Crippen LogP contribution in [0.4, 0.5) is 5.69 Å². The summed E-state index contributed by atoms with van der Waals surface area (Å²) in [5.41, 5.74) is 0.745. The van der Waals surface area contributed by atoms with E-state index in [0.29, 0.717) is 66.1 Å². The number of rotatable bonds is 31. The largest absolute Gasteiger partial charge is 0.491 e. The van der Waals surface area contributed by atoms with Gasteiger partial charge in [-0.05, 0) is 30.7 Å². The van der Waals surface area contributed by atoms with Crippen molar-refractivity contribution in [1.82, 2.24) is 0 Å². The summed E-state index contributed by atoms with van der Waals surface area (Å²) in [4.78, 5) is 11.0. The molecule has 1 N–H and O–H groups in total. The molecule has 8 heteroatoms. The highest BCUT2D eigenvalue weighted by atomic mass is 16.6. The molecule has 0 bridgehead atoms. The lowest BCUT2D eigenvalue weighted by Gasteiger charge is -2.09. The van der Waals surface area contributed by atoms with Crippen LogP contribution in [0, 0.1) is 0 Å². The van der Waals surface area contributed by atoms with Crippen LogP contribution in [0.1, 0.15) is 97.3 Å². The Morgan fingerprint density at radius 1 is 0.512 bits per heavy atom. The molecule has 0 aliphatic rings. The SMILES string of the molecule is CCCCCCCCCCCCCCCOCCOCCOCCOCCOCCOc1ccc(NC(C)=O)cc1. The maximum Gasteiger partial charge on any atom is 0.221 e. The third kappa shape index (κ3) is 26.9. The van der Waals surface area contributed by atoms with Gasteiger partial charge in [0.2, 0.25) is 5.91 Å². The number of amides is 1. The van der Waals surface area contributed by atoms with Crippen molar-refractivity contribution in [3.8, 4) is 5.75 Å². The third-order valence-electron chi connectivity index (χ3n) is 6.55. The number of benzene rings is 1. The minimum Gasteiger partial charge on any atom is -0.491 e. The van der Waals surface area contributed by atoms with Gasteiger partial charge in [0.05, 0.1) is 59.5 Å². The van der Waals surface area contributed by atoms with Crippen molar-refractivity contribution in [1.29, 1.82) is 0 Å². The predicted molar refractivity (Wildman–Crippen MR) is 166 cm³/mol. The van der Waals surface area contributed by atoms with Crippen LogP contribution in [0.15, 0.2) is 24.3 Å². The number of carbonyl (C=O) groups is 1. The molecule has 0 aliphatic heterocycles. The van der Waals surface area contributed by atoms with Crippen LogP contribution in [-0.4, -0.2) is 78.6 Å². The quantitative estimate of drug-likeness (QED) is 0.0929. The summed E-state index contributed by atoms with van der Waals surface area (Å²) in [6, 6.07) is 7.23. The molecular weight excluding hydrogens is 522 g/mol. The average Bonchev–Trinajstić information content (AvgIpc) is 2.97. The molecule has 0 saturated heterocycles. The van der Waals surface area contributed by atoms with Gasteiger partial charge in [0, 0.05) is 19.2 Å². The van der Waals surface area contributed by atoms with Gasteiger partial charge in [0.15, 0.2) is 0 Å². The zero-order valence-electron chi connectivity index (χ0n) is 26.1. The maximum atomic E-state index is 11.0. The molecule has 0 spiro atoms. The fourth-order valence-corrected chi connectivity index (χ4v) is 4.26. The van der Waals surface area contributed by atoms with E-state index in [1.807, 2.05) is 12.1 Å². The minimum atomic E-state index is -0.0960. The number of ether oxygens (including phenoxy) is 6. The van der Waals surface area contributed by atoms with Crippen LogP contribution in [0.2, 0.25) is 0 Å². The number of nitrogens with one attached hydrogen (secondary N) is 1. The number of unbranched alkanes of at least 4 members (excludes halogenated alkanes) is 12. The molecule has 0 radical (unpaired) electrons. The van der Waals surface area contributed by atoms with Crippen LogP contribution in [0.25, 0.3) is 0 Å². The molecule has 1 aromatic carbocycles. The Hall–Kier alpha value is -1.71. The topological polar surface area (TPSA) is 84.5 Å². The van der Waals surface area contributed by atoms with E-state index in [1.165, 1.54) is 84.0 Å². The zero-order valence-corrected chi connectivity index (χ0v) is 26.1. The second-order valence-corrected chi connectivity index (χ2v) is 10.4. The second-order valence-electron chi connectivity index (χ2n) is 10.4. The highest BCUT2D eigenvalue weighted by Crippen LogP contribution is 2.15. The van der Waals surface area contributed by atoms with Crippen LogP contribution in [0.5, 0.6) is 5.75 Å². The lowest BCUT2D eigenvalue weighted by atomic mass is 10.0. The normalized spacial score (nSPS) is 11.2. The fourth-order valence-electron chi connectivity index (χ4n) is 4.26. The van der Waals surface area contributed by atoms with E-state index < -0.39 is 0 Å². The summed E-state index contributed by atoms with van der Waals surface area (Å²) in [7, 11) is 0. The molecule has 0 unspecified atom stereocenters.